The zero-order valence-corrected chi connectivity index (χ0v) is 17.0. The fourth-order valence-electron chi connectivity index (χ4n) is 2.36. The summed E-state index contributed by atoms with van der Waals surface area (Å²) in [5.74, 6) is 1.47. The number of aryl methyl sites for hydroxylation is 1. The lowest BCUT2D eigenvalue weighted by atomic mass is 10.0. The topological polar surface area (TPSA) is 59.9 Å². The van der Waals surface area contributed by atoms with Gasteiger partial charge in [-0.3, -0.25) is 4.79 Å². The minimum atomic E-state index is -0.315. The molecule has 5 nitrogen and oxygen atoms in total. The molecule has 6 heteroatoms. The van der Waals surface area contributed by atoms with Crippen LogP contribution in [0.3, 0.4) is 0 Å². The number of carbonyl (C=O) groups is 1. The van der Waals surface area contributed by atoms with Crippen molar-refractivity contribution in [3.8, 4) is 11.5 Å². The number of methoxy groups -OCH3 is 1. The van der Waals surface area contributed by atoms with Crippen LogP contribution in [0.4, 0.5) is 0 Å². The van der Waals surface area contributed by atoms with Gasteiger partial charge in [0.1, 0.15) is 11.5 Å². The number of ether oxygens (including phenoxy) is 2. The van der Waals surface area contributed by atoms with Gasteiger partial charge in [-0.15, -0.1) is 0 Å². The molecule has 0 fully saturated rings. The lowest BCUT2D eigenvalue weighted by Crippen LogP contribution is -2.25. The van der Waals surface area contributed by atoms with Gasteiger partial charge in [-0.05, 0) is 69.7 Å². The predicted molar refractivity (Wildman–Crippen MR) is 107 cm³/mol. The number of amides is 1. The second-order valence-electron chi connectivity index (χ2n) is 6.17. The van der Waals surface area contributed by atoms with E-state index in [1.54, 1.807) is 13.3 Å². The van der Waals surface area contributed by atoms with Crippen molar-refractivity contribution in [3.63, 3.8) is 0 Å². The Hall–Kier alpha value is -2.34. The van der Waals surface area contributed by atoms with E-state index in [1.165, 1.54) is 0 Å². The van der Waals surface area contributed by atoms with Gasteiger partial charge in [0.2, 0.25) is 0 Å². The average Bonchev–Trinajstić information content (AvgIpc) is 2.60. The molecular weight excluding hydrogens is 396 g/mol. The summed E-state index contributed by atoms with van der Waals surface area (Å²) in [6.07, 6.45) is 1.56. The molecule has 2 aromatic carbocycles. The molecule has 2 rings (SSSR count). The summed E-state index contributed by atoms with van der Waals surface area (Å²) in [5.41, 5.74) is 5.47. The monoisotopic (exact) mass is 418 g/mol. The fourth-order valence-corrected chi connectivity index (χ4v) is 2.92. The lowest BCUT2D eigenvalue weighted by Gasteiger charge is -2.14. The molecule has 0 atom stereocenters. The van der Waals surface area contributed by atoms with Crippen molar-refractivity contribution in [2.75, 3.05) is 13.7 Å². The third-order valence-corrected chi connectivity index (χ3v) is 4.35. The van der Waals surface area contributed by atoms with E-state index in [1.807, 2.05) is 43.3 Å². The Balaban J connectivity index is 1.91. The van der Waals surface area contributed by atoms with Gasteiger partial charge < -0.3 is 9.47 Å². The summed E-state index contributed by atoms with van der Waals surface area (Å²) >= 11 is 3.41. The normalized spacial score (nSPS) is 11.0. The predicted octanol–water partition coefficient (Wildman–Crippen LogP) is 4.42. The molecule has 0 saturated carbocycles. The number of rotatable bonds is 7. The van der Waals surface area contributed by atoms with Gasteiger partial charge in [0, 0.05) is 0 Å². The van der Waals surface area contributed by atoms with Gasteiger partial charge >= 0.3 is 0 Å². The van der Waals surface area contributed by atoms with Gasteiger partial charge in [0.25, 0.3) is 5.91 Å². The largest absolute Gasteiger partial charge is 0.496 e. The molecule has 0 heterocycles. The van der Waals surface area contributed by atoms with Crippen LogP contribution in [0.2, 0.25) is 0 Å². The van der Waals surface area contributed by atoms with E-state index in [4.69, 9.17) is 9.47 Å². The standard InChI is InChI=1S/C20H23BrN2O3/c1-13(2)16-7-5-14(3)9-19(16)26-12-20(24)23-22-11-15-6-8-18(25-4)17(21)10-15/h5-11,13H,12H2,1-4H3,(H,23,24). The minimum Gasteiger partial charge on any atom is -0.496 e. The molecular formula is C20H23BrN2O3. The highest BCUT2D eigenvalue weighted by Gasteiger charge is 2.10. The van der Waals surface area contributed by atoms with E-state index in [9.17, 15) is 4.79 Å². The molecule has 1 N–H and O–H groups in total. The van der Waals surface area contributed by atoms with Crippen molar-refractivity contribution in [2.45, 2.75) is 26.7 Å². The Morgan fingerprint density at radius 3 is 2.65 bits per heavy atom. The first-order valence-corrected chi connectivity index (χ1v) is 9.08. The summed E-state index contributed by atoms with van der Waals surface area (Å²) in [7, 11) is 1.60. The van der Waals surface area contributed by atoms with Gasteiger partial charge in [-0.1, -0.05) is 26.0 Å². The van der Waals surface area contributed by atoms with Crippen LogP contribution in [0.15, 0.2) is 46.0 Å². The highest BCUT2D eigenvalue weighted by atomic mass is 79.9. The van der Waals surface area contributed by atoms with Crippen molar-refractivity contribution in [3.05, 3.63) is 57.6 Å². The van der Waals surface area contributed by atoms with Crippen LogP contribution in [0.5, 0.6) is 11.5 Å². The van der Waals surface area contributed by atoms with E-state index in [0.29, 0.717) is 5.92 Å². The third kappa shape index (κ3) is 5.59. The molecule has 0 radical (unpaired) electrons. The number of hydrazone groups is 1. The van der Waals surface area contributed by atoms with Crippen molar-refractivity contribution < 1.29 is 14.3 Å². The summed E-state index contributed by atoms with van der Waals surface area (Å²) in [6, 6.07) is 11.5. The Morgan fingerprint density at radius 2 is 2.00 bits per heavy atom. The van der Waals surface area contributed by atoms with Crippen molar-refractivity contribution in [1.29, 1.82) is 0 Å². The maximum atomic E-state index is 12.0. The van der Waals surface area contributed by atoms with Crippen LogP contribution in [0.25, 0.3) is 0 Å². The molecule has 0 aliphatic carbocycles. The second kappa shape index (κ2) is 9.38. The average molecular weight is 419 g/mol. The first kappa shape index (κ1) is 20.0. The quantitative estimate of drug-likeness (QED) is 0.534. The number of halogens is 1. The van der Waals surface area contributed by atoms with Crippen LogP contribution < -0.4 is 14.9 Å². The lowest BCUT2D eigenvalue weighted by molar-refractivity contribution is -0.123. The number of carbonyl (C=O) groups excluding carboxylic acids is 1. The highest BCUT2D eigenvalue weighted by Crippen LogP contribution is 2.27. The Labute approximate surface area is 162 Å². The SMILES string of the molecule is COc1ccc(C=NNC(=O)COc2cc(C)ccc2C(C)C)cc1Br. The Kier molecular flexibility index (Phi) is 7.21. The van der Waals surface area contributed by atoms with E-state index >= 15 is 0 Å². The van der Waals surface area contributed by atoms with Crippen LogP contribution in [-0.4, -0.2) is 25.8 Å². The maximum absolute atomic E-state index is 12.0. The Bertz CT molecular complexity index is 804. The Morgan fingerprint density at radius 1 is 1.23 bits per heavy atom. The molecule has 0 bridgehead atoms. The molecule has 0 spiro atoms. The highest BCUT2D eigenvalue weighted by molar-refractivity contribution is 9.10. The van der Waals surface area contributed by atoms with Gasteiger partial charge in [-0.2, -0.15) is 5.10 Å². The first-order chi connectivity index (χ1) is 12.4. The van der Waals surface area contributed by atoms with E-state index in [2.05, 4.69) is 40.3 Å². The van der Waals surface area contributed by atoms with Crippen molar-refractivity contribution >= 4 is 28.1 Å². The van der Waals surface area contributed by atoms with E-state index in [0.717, 1.165) is 32.7 Å². The van der Waals surface area contributed by atoms with Crippen LogP contribution >= 0.6 is 15.9 Å². The molecule has 1 amide bonds. The molecule has 0 aliphatic heterocycles. The molecule has 0 saturated heterocycles. The molecule has 0 unspecified atom stereocenters. The molecule has 0 aromatic heterocycles. The maximum Gasteiger partial charge on any atom is 0.277 e. The molecule has 26 heavy (non-hydrogen) atoms. The smallest absolute Gasteiger partial charge is 0.277 e. The number of hydrogen-bond acceptors (Lipinski definition) is 4. The summed E-state index contributed by atoms with van der Waals surface area (Å²) in [5, 5.41) is 3.96. The summed E-state index contributed by atoms with van der Waals surface area (Å²) < 4.78 is 11.7. The summed E-state index contributed by atoms with van der Waals surface area (Å²) in [4.78, 5) is 12.0. The number of nitrogens with one attached hydrogen (secondary N) is 1. The van der Waals surface area contributed by atoms with Crippen molar-refractivity contribution in [2.24, 2.45) is 5.10 Å². The van der Waals surface area contributed by atoms with Crippen LogP contribution in [0, 0.1) is 6.92 Å². The number of hydrogen-bond donors (Lipinski definition) is 1. The van der Waals surface area contributed by atoms with Gasteiger partial charge in [0.15, 0.2) is 6.61 Å². The van der Waals surface area contributed by atoms with E-state index in [-0.39, 0.29) is 12.5 Å². The fraction of sp³-hybridized carbons (Fsp3) is 0.300. The van der Waals surface area contributed by atoms with Gasteiger partial charge in [-0.25, -0.2) is 5.43 Å². The number of nitrogens with zero attached hydrogens (tertiary/aromatic N) is 1. The molecule has 0 aliphatic rings. The zero-order valence-electron chi connectivity index (χ0n) is 15.4. The third-order valence-electron chi connectivity index (χ3n) is 3.73. The number of benzene rings is 2. The molecule has 138 valence electrons. The van der Waals surface area contributed by atoms with Gasteiger partial charge in [0.05, 0.1) is 17.8 Å². The van der Waals surface area contributed by atoms with E-state index < -0.39 is 0 Å². The zero-order chi connectivity index (χ0) is 19.1. The summed E-state index contributed by atoms with van der Waals surface area (Å²) in [6.45, 7) is 6.09. The van der Waals surface area contributed by atoms with Crippen LogP contribution in [0.1, 0.15) is 36.5 Å². The van der Waals surface area contributed by atoms with Crippen molar-refractivity contribution in [1.82, 2.24) is 5.43 Å². The van der Waals surface area contributed by atoms with Crippen LogP contribution in [-0.2, 0) is 4.79 Å². The first-order valence-electron chi connectivity index (χ1n) is 8.29. The minimum absolute atomic E-state index is 0.0905. The second-order valence-corrected chi connectivity index (χ2v) is 7.03. The molecule has 2 aromatic rings.